The first-order valence-electron chi connectivity index (χ1n) is 6.16. The molecule has 2 aromatic rings. The SMILES string of the molecule is CNC(C)Cc1noc(-c2cc(F)cc([N+](=O)[O-])c2N)n1.Cl. The number of benzene rings is 1. The van der Waals surface area contributed by atoms with Gasteiger partial charge in [-0.05, 0) is 20.0 Å². The van der Waals surface area contributed by atoms with Crippen molar-refractivity contribution < 1.29 is 13.8 Å². The summed E-state index contributed by atoms with van der Waals surface area (Å²) in [7, 11) is 1.79. The number of hydrogen-bond donors (Lipinski definition) is 2. The Balaban J connectivity index is 0.00000242. The number of hydrogen-bond acceptors (Lipinski definition) is 7. The normalized spacial score (nSPS) is 11.8. The standard InChI is InChI=1S/C12H14FN5O3.ClH/c1-6(15-2)3-10-16-12(21-17-10)8-4-7(13)5-9(11(8)14)18(19)20;/h4-6,15H,3,14H2,1-2H3;1H. The molecule has 1 atom stereocenters. The number of nitro groups is 1. The molecule has 120 valence electrons. The molecule has 0 spiro atoms. The molecule has 1 aromatic carbocycles. The highest BCUT2D eigenvalue weighted by molar-refractivity contribution is 5.85. The van der Waals surface area contributed by atoms with Crippen molar-refractivity contribution in [3.8, 4) is 11.5 Å². The van der Waals surface area contributed by atoms with E-state index in [4.69, 9.17) is 10.3 Å². The van der Waals surface area contributed by atoms with E-state index in [1.54, 1.807) is 7.05 Å². The van der Waals surface area contributed by atoms with Gasteiger partial charge < -0.3 is 15.6 Å². The summed E-state index contributed by atoms with van der Waals surface area (Å²) in [5.41, 5.74) is 4.94. The molecular formula is C12H15ClFN5O3. The lowest BCUT2D eigenvalue weighted by Gasteiger charge is -2.05. The van der Waals surface area contributed by atoms with Gasteiger partial charge in [0.1, 0.15) is 11.5 Å². The molecule has 0 aliphatic rings. The van der Waals surface area contributed by atoms with Gasteiger partial charge in [-0.3, -0.25) is 10.1 Å². The molecule has 0 saturated carbocycles. The van der Waals surface area contributed by atoms with Crippen LogP contribution in [0.2, 0.25) is 0 Å². The van der Waals surface area contributed by atoms with Gasteiger partial charge >= 0.3 is 0 Å². The first-order chi connectivity index (χ1) is 9.92. The summed E-state index contributed by atoms with van der Waals surface area (Å²) in [5.74, 6) is -0.444. The third-order valence-electron chi connectivity index (χ3n) is 3.00. The number of nitrogens with two attached hydrogens (primary N) is 1. The Morgan fingerprint density at radius 2 is 2.23 bits per heavy atom. The molecule has 1 aromatic heterocycles. The fourth-order valence-corrected chi connectivity index (χ4v) is 1.75. The molecule has 10 heteroatoms. The fourth-order valence-electron chi connectivity index (χ4n) is 1.75. The van der Waals surface area contributed by atoms with E-state index in [2.05, 4.69) is 15.5 Å². The minimum Gasteiger partial charge on any atom is -0.393 e. The average Bonchev–Trinajstić information content (AvgIpc) is 2.88. The van der Waals surface area contributed by atoms with Crippen molar-refractivity contribution in [2.75, 3.05) is 12.8 Å². The minimum absolute atomic E-state index is 0. The molecule has 3 N–H and O–H groups in total. The lowest BCUT2D eigenvalue weighted by atomic mass is 10.1. The maximum absolute atomic E-state index is 13.5. The van der Waals surface area contributed by atoms with Gasteiger partial charge in [0.15, 0.2) is 5.82 Å². The van der Waals surface area contributed by atoms with Gasteiger partial charge in [0.05, 0.1) is 16.6 Å². The lowest BCUT2D eigenvalue weighted by Crippen LogP contribution is -2.24. The highest BCUT2D eigenvalue weighted by Gasteiger charge is 2.22. The average molecular weight is 332 g/mol. The molecule has 1 unspecified atom stereocenters. The molecule has 0 aliphatic heterocycles. The number of halogens is 2. The maximum Gasteiger partial charge on any atom is 0.295 e. The number of nitrogen functional groups attached to an aromatic ring is 1. The molecule has 0 fully saturated rings. The van der Waals surface area contributed by atoms with Gasteiger partial charge in [-0.15, -0.1) is 12.4 Å². The smallest absolute Gasteiger partial charge is 0.295 e. The molecule has 22 heavy (non-hydrogen) atoms. The van der Waals surface area contributed by atoms with Crippen molar-refractivity contribution in [1.29, 1.82) is 0 Å². The first-order valence-corrected chi connectivity index (χ1v) is 6.16. The van der Waals surface area contributed by atoms with Gasteiger partial charge in [0.2, 0.25) is 0 Å². The summed E-state index contributed by atoms with van der Waals surface area (Å²) in [6.45, 7) is 1.93. The van der Waals surface area contributed by atoms with E-state index in [9.17, 15) is 14.5 Å². The lowest BCUT2D eigenvalue weighted by molar-refractivity contribution is -0.384. The Bertz CT molecular complexity index is 679. The van der Waals surface area contributed by atoms with Gasteiger partial charge in [-0.25, -0.2) is 4.39 Å². The van der Waals surface area contributed by atoms with Crippen LogP contribution in [0, 0.1) is 15.9 Å². The molecule has 0 radical (unpaired) electrons. The predicted octanol–water partition coefficient (Wildman–Crippen LogP) is 1.94. The predicted molar refractivity (Wildman–Crippen MR) is 80.2 cm³/mol. The van der Waals surface area contributed by atoms with E-state index >= 15 is 0 Å². The molecule has 1 heterocycles. The van der Waals surface area contributed by atoms with Gasteiger partial charge in [-0.2, -0.15) is 4.98 Å². The number of anilines is 1. The maximum atomic E-state index is 13.5. The van der Waals surface area contributed by atoms with Crippen LogP contribution in [0.1, 0.15) is 12.7 Å². The third-order valence-corrected chi connectivity index (χ3v) is 3.00. The monoisotopic (exact) mass is 331 g/mol. The zero-order chi connectivity index (χ0) is 15.6. The Kier molecular flexibility index (Phi) is 5.77. The van der Waals surface area contributed by atoms with Crippen LogP contribution in [0.25, 0.3) is 11.5 Å². The number of nitrogens with one attached hydrogen (secondary N) is 1. The summed E-state index contributed by atoms with van der Waals surface area (Å²) in [4.78, 5) is 14.2. The van der Waals surface area contributed by atoms with Crippen molar-refractivity contribution in [2.45, 2.75) is 19.4 Å². The molecule has 0 saturated heterocycles. The second-order valence-electron chi connectivity index (χ2n) is 4.55. The van der Waals surface area contributed by atoms with Crippen LogP contribution in [-0.2, 0) is 6.42 Å². The van der Waals surface area contributed by atoms with Crippen molar-refractivity contribution in [2.24, 2.45) is 0 Å². The number of nitrogens with zero attached hydrogens (tertiary/aromatic N) is 3. The quantitative estimate of drug-likeness (QED) is 0.488. The minimum atomic E-state index is -0.797. The highest BCUT2D eigenvalue weighted by atomic mass is 35.5. The van der Waals surface area contributed by atoms with Crippen LogP contribution < -0.4 is 11.1 Å². The molecular weight excluding hydrogens is 317 g/mol. The van der Waals surface area contributed by atoms with E-state index in [0.29, 0.717) is 12.2 Å². The molecule has 2 rings (SSSR count). The highest BCUT2D eigenvalue weighted by Crippen LogP contribution is 2.33. The Morgan fingerprint density at radius 3 is 2.82 bits per heavy atom. The largest absolute Gasteiger partial charge is 0.393 e. The number of aromatic nitrogens is 2. The van der Waals surface area contributed by atoms with Crippen LogP contribution in [0.5, 0.6) is 0 Å². The Morgan fingerprint density at radius 1 is 1.55 bits per heavy atom. The molecule has 0 bridgehead atoms. The molecule has 0 aliphatic carbocycles. The van der Waals surface area contributed by atoms with E-state index in [1.807, 2.05) is 6.92 Å². The zero-order valence-corrected chi connectivity index (χ0v) is 12.7. The van der Waals surface area contributed by atoms with E-state index in [1.165, 1.54) is 0 Å². The van der Waals surface area contributed by atoms with Crippen LogP contribution in [0.15, 0.2) is 16.7 Å². The molecule has 8 nitrogen and oxygen atoms in total. The Labute approximate surface area is 131 Å². The van der Waals surface area contributed by atoms with E-state index < -0.39 is 16.4 Å². The van der Waals surface area contributed by atoms with Crippen LogP contribution in [0.3, 0.4) is 0 Å². The third kappa shape index (κ3) is 3.68. The van der Waals surface area contributed by atoms with Crippen molar-refractivity contribution in [1.82, 2.24) is 15.5 Å². The summed E-state index contributed by atoms with van der Waals surface area (Å²) >= 11 is 0. The van der Waals surface area contributed by atoms with Gasteiger partial charge in [0, 0.05) is 12.5 Å². The van der Waals surface area contributed by atoms with Crippen LogP contribution >= 0.6 is 12.4 Å². The Hall–Kier alpha value is -2.26. The van der Waals surface area contributed by atoms with E-state index in [-0.39, 0.29) is 35.6 Å². The second-order valence-corrected chi connectivity index (χ2v) is 4.55. The van der Waals surface area contributed by atoms with Gasteiger partial charge in [-0.1, -0.05) is 5.16 Å². The summed E-state index contributed by atoms with van der Waals surface area (Å²) < 4.78 is 18.5. The van der Waals surface area contributed by atoms with Crippen molar-refractivity contribution >= 4 is 23.8 Å². The topological polar surface area (TPSA) is 120 Å². The van der Waals surface area contributed by atoms with Crippen LogP contribution in [-0.4, -0.2) is 28.2 Å². The van der Waals surface area contributed by atoms with Gasteiger partial charge in [0.25, 0.3) is 11.6 Å². The number of nitro benzene ring substituents is 1. The van der Waals surface area contributed by atoms with Crippen LogP contribution in [0.4, 0.5) is 15.8 Å². The fraction of sp³-hybridized carbons (Fsp3) is 0.333. The van der Waals surface area contributed by atoms with E-state index in [0.717, 1.165) is 12.1 Å². The summed E-state index contributed by atoms with van der Waals surface area (Å²) in [6, 6.07) is 1.90. The first kappa shape index (κ1) is 17.8. The number of likely N-dealkylation sites (N-methyl/N-ethyl adjacent to an activating group) is 1. The van der Waals surface area contributed by atoms with Crippen molar-refractivity contribution in [3.63, 3.8) is 0 Å². The number of rotatable bonds is 5. The molecule has 0 amide bonds. The summed E-state index contributed by atoms with van der Waals surface area (Å²) in [5, 5.41) is 17.6. The summed E-state index contributed by atoms with van der Waals surface area (Å²) in [6.07, 6.45) is 0.497. The second kappa shape index (κ2) is 7.14. The van der Waals surface area contributed by atoms with Crippen molar-refractivity contribution in [3.05, 3.63) is 33.9 Å². The zero-order valence-electron chi connectivity index (χ0n) is 11.9.